The Kier molecular flexibility index (Phi) is 3.98. The van der Waals surface area contributed by atoms with E-state index in [4.69, 9.17) is 5.73 Å². The molecule has 1 amide bonds. The number of aromatic nitrogens is 2. The Morgan fingerprint density at radius 2 is 2.30 bits per heavy atom. The molecule has 7 heteroatoms. The van der Waals surface area contributed by atoms with Crippen LogP contribution in [0.25, 0.3) is 0 Å². The van der Waals surface area contributed by atoms with Crippen molar-refractivity contribution in [3.63, 3.8) is 0 Å². The Morgan fingerprint density at radius 1 is 1.50 bits per heavy atom. The largest absolute Gasteiger partial charge is 0.374 e. The Labute approximate surface area is 126 Å². The number of nitrogen functional groups attached to an aromatic ring is 1. The molecule has 0 unspecified atom stereocenters. The van der Waals surface area contributed by atoms with Crippen LogP contribution in [0.3, 0.4) is 0 Å². The molecule has 1 saturated heterocycles. The molecule has 0 aromatic carbocycles. The van der Waals surface area contributed by atoms with Crippen molar-refractivity contribution in [3.8, 4) is 0 Å². The second-order valence-electron chi connectivity index (χ2n) is 5.50. The summed E-state index contributed by atoms with van der Waals surface area (Å²) in [7, 11) is 0. The van der Waals surface area contributed by atoms with Crippen LogP contribution in [-0.4, -0.2) is 39.8 Å². The average molecular weight is 310 g/mol. The van der Waals surface area contributed by atoms with Crippen molar-refractivity contribution in [1.29, 1.82) is 0 Å². The quantitative estimate of drug-likeness (QED) is 0.683. The van der Waals surface area contributed by atoms with Crippen LogP contribution in [0.15, 0.2) is 16.0 Å². The van der Waals surface area contributed by atoms with E-state index < -0.39 is 0 Å². The number of nitrogens with zero attached hydrogens (tertiary/aromatic N) is 3. The van der Waals surface area contributed by atoms with E-state index in [0.717, 1.165) is 30.3 Å². The Morgan fingerprint density at radius 3 is 3.05 bits per heavy atom. The molecule has 0 spiro atoms. The number of thioether (sulfide) groups is 1. The molecule has 0 saturated carbocycles. The highest BCUT2D eigenvalue weighted by Crippen LogP contribution is 2.36. The van der Waals surface area contributed by atoms with Crippen molar-refractivity contribution < 1.29 is 4.79 Å². The molecule has 2 atom stereocenters. The first kappa shape index (κ1) is 13.9. The molecule has 0 bridgehead atoms. The summed E-state index contributed by atoms with van der Waals surface area (Å²) in [5, 5.41) is 8.13. The maximum Gasteiger partial charge on any atom is 0.233 e. The number of nitrogens with two attached hydrogens (primary N) is 1. The normalized spacial score (nSPS) is 25.4. The topological polar surface area (TPSA) is 72.1 Å². The van der Waals surface area contributed by atoms with Gasteiger partial charge in [-0.15, -0.1) is 10.2 Å². The van der Waals surface area contributed by atoms with Crippen molar-refractivity contribution in [2.45, 2.75) is 24.1 Å². The van der Waals surface area contributed by atoms with Crippen LogP contribution in [0.5, 0.6) is 0 Å². The molecule has 1 aliphatic carbocycles. The van der Waals surface area contributed by atoms with Crippen molar-refractivity contribution in [1.82, 2.24) is 15.1 Å². The molecule has 2 heterocycles. The number of likely N-dealkylation sites (tertiary alicyclic amines) is 1. The standard InChI is InChI=1S/C13H18N4OS2/c1-8-2-3-9-5-17(6-10(9)4-8)11(18)7-19-13-16-15-12(14)20-13/h2,9-10H,3-7H2,1H3,(H2,14,15)/t9-,10+/m1/s1. The molecule has 108 valence electrons. The van der Waals surface area contributed by atoms with Crippen LogP contribution in [0.2, 0.25) is 0 Å². The van der Waals surface area contributed by atoms with Crippen molar-refractivity contribution in [2.24, 2.45) is 11.8 Å². The number of hydrogen-bond donors (Lipinski definition) is 1. The minimum absolute atomic E-state index is 0.204. The van der Waals surface area contributed by atoms with Gasteiger partial charge in [-0.3, -0.25) is 4.79 Å². The summed E-state index contributed by atoms with van der Waals surface area (Å²) in [5.74, 6) is 1.95. The zero-order valence-electron chi connectivity index (χ0n) is 11.4. The van der Waals surface area contributed by atoms with Crippen LogP contribution in [0.1, 0.15) is 19.8 Å². The van der Waals surface area contributed by atoms with Crippen LogP contribution in [-0.2, 0) is 4.79 Å². The molecular weight excluding hydrogens is 292 g/mol. The molecule has 2 aliphatic rings. The maximum absolute atomic E-state index is 12.3. The van der Waals surface area contributed by atoms with Gasteiger partial charge in [-0.25, -0.2) is 0 Å². The predicted molar refractivity (Wildman–Crippen MR) is 81.6 cm³/mol. The van der Waals surface area contributed by atoms with Gasteiger partial charge < -0.3 is 10.6 Å². The van der Waals surface area contributed by atoms with Crippen LogP contribution >= 0.6 is 23.1 Å². The lowest BCUT2D eigenvalue weighted by Gasteiger charge is -2.21. The number of fused-ring (bicyclic) bond motifs is 1. The second kappa shape index (κ2) is 5.73. The molecule has 1 aromatic heterocycles. The van der Waals surface area contributed by atoms with Gasteiger partial charge in [0.2, 0.25) is 11.0 Å². The molecule has 5 nitrogen and oxygen atoms in total. The molecule has 2 N–H and O–H groups in total. The molecule has 1 fully saturated rings. The van der Waals surface area contributed by atoms with Gasteiger partial charge >= 0.3 is 0 Å². The number of hydrogen-bond acceptors (Lipinski definition) is 6. The SMILES string of the molecule is CC1=CC[C@@H]2CN(C(=O)CSc3nnc(N)s3)C[C@@H]2C1. The van der Waals surface area contributed by atoms with Gasteiger partial charge in [-0.05, 0) is 31.6 Å². The van der Waals surface area contributed by atoms with Gasteiger partial charge in [0.1, 0.15) is 0 Å². The summed E-state index contributed by atoms with van der Waals surface area (Å²) < 4.78 is 0.768. The highest BCUT2D eigenvalue weighted by atomic mass is 32.2. The van der Waals surface area contributed by atoms with E-state index >= 15 is 0 Å². The first-order valence-electron chi connectivity index (χ1n) is 6.77. The van der Waals surface area contributed by atoms with Crippen LogP contribution in [0, 0.1) is 11.8 Å². The number of allylic oxidation sites excluding steroid dienone is 2. The van der Waals surface area contributed by atoms with Crippen molar-refractivity contribution >= 4 is 34.1 Å². The summed E-state index contributed by atoms with van der Waals surface area (Å²) in [6.45, 7) is 4.01. The second-order valence-corrected chi connectivity index (χ2v) is 7.74. The summed E-state index contributed by atoms with van der Waals surface area (Å²) in [6, 6.07) is 0. The lowest BCUT2D eigenvalue weighted by Crippen LogP contribution is -2.30. The summed E-state index contributed by atoms with van der Waals surface area (Å²) in [4.78, 5) is 14.3. The van der Waals surface area contributed by atoms with E-state index in [9.17, 15) is 4.79 Å². The first-order chi connectivity index (χ1) is 9.61. The summed E-state index contributed by atoms with van der Waals surface area (Å²) >= 11 is 2.76. The third-order valence-electron chi connectivity index (χ3n) is 4.02. The number of anilines is 1. The van der Waals surface area contributed by atoms with Gasteiger partial charge in [0, 0.05) is 13.1 Å². The Bertz CT molecular complexity index is 542. The van der Waals surface area contributed by atoms with Gasteiger partial charge in [0.25, 0.3) is 0 Å². The zero-order valence-corrected chi connectivity index (χ0v) is 13.0. The molecule has 3 rings (SSSR count). The highest BCUT2D eigenvalue weighted by Gasteiger charge is 2.36. The first-order valence-corrected chi connectivity index (χ1v) is 8.57. The highest BCUT2D eigenvalue weighted by molar-refractivity contribution is 8.01. The fourth-order valence-electron chi connectivity index (χ4n) is 2.98. The van der Waals surface area contributed by atoms with E-state index in [1.165, 1.54) is 28.7 Å². The lowest BCUT2D eigenvalue weighted by molar-refractivity contribution is -0.127. The molecule has 20 heavy (non-hydrogen) atoms. The minimum Gasteiger partial charge on any atom is -0.374 e. The number of carbonyl (C=O) groups excluding carboxylic acids is 1. The lowest BCUT2D eigenvalue weighted by atomic mass is 9.83. The van der Waals surface area contributed by atoms with Crippen molar-refractivity contribution in [2.75, 3.05) is 24.6 Å². The van der Waals surface area contributed by atoms with E-state index in [2.05, 4.69) is 23.2 Å². The van der Waals surface area contributed by atoms with Crippen molar-refractivity contribution in [3.05, 3.63) is 11.6 Å². The minimum atomic E-state index is 0.204. The fourth-order valence-corrected chi connectivity index (χ4v) is 4.52. The van der Waals surface area contributed by atoms with Crippen LogP contribution < -0.4 is 5.73 Å². The monoisotopic (exact) mass is 310 g/mol. The van der Waals surface area contributed by atoms with E-state index in [1.54, 1.807) is 0 Å². The Balaban J connectivity index is 1.52. The van der Waals surface area contributed by atoms with E-state index in [0.29, 0.717) is 22.7 Å². The van der Waals surface area contributed by atoms with Gasteiger partial charge in [0.15, 0.2) is 4.34 Å². The number of carbonyl (C=O) groups is 1. The van der Waals surface area contributed by atoms with Gasteiger partial charge in [-0.2, -0.15) is 0 Å². The molecule has 0 radical (unpaired) electrons. The third kappa shape index (κ3) is 2.98. The fraction of sp³-hybridized carbons (Fsp3) is 0.615. The number of amides is 1. The zero-order chi connectivity index (χ0) is 14.1. The summed E-state index contributed by atoms with van der Waals surface area (Å²) in [5.41, 5.74) is 7.00. The molecule has 1 aromatic rings. The molecular formula is C13H18N4OS2. The maximum atomic E-state index is 12.3. The predicted octanol–water partition coefficient (Wildman–Crippen LogP) is 2.03. The van der Waals surface area contributed by atoms with E-state index in [-0.39, 0.29) is 5.91 Å². The number of rotatable bonds is 3. The van der Waals surface area contributed by atoms with E-state index in [1.807, 2.05) is 4.90 Å². The Hall–Kier alpha value is -1.08. The molecule has 1 aliphatic heterocycles. The smallest absolute Gasteiger partial charge is 0.233 e. The van der Waals surface area contributed by atoms with Gasteiger partial charge in [-0.1, -0.05) is 34.7 Å². The van der Waals surface area contributed by atoms with Crippen LogP contribution in [0.4, 0.5) is 5.13 Å². The van der Waals surface area contributed by atoms with Gasteiger partial charge in [0.05, 0.1) is 5.75 Å². The average Bonchev–Trinajstić information content (AvgIpc) is 3.01. The summed E-state index contributed by atoms with van der Waals surface area (Å²) in [6.07, 6.45) is 4.60. The third-order valence-corrected chi connectivity index (χ3v) is 5.89.